The number of aromatic nitrogens is 4. The highest BCUT2D eigenvalue weighted by Gasteiger charge is 2.12. The third kappa shape index (κ3) is 3.24. The molecule has 3 aromatic heterocycles. The van der Waals surface area contributed by atoms with E-state index in [9.17, 15) is 0 Å². The summed E-state index contributed by atoms with van der Waals surface area (Å²) in [5, 5.41) is 20.4. The van der Waals surface area contributed by atoms with E-state index in [0.29, 0.717) is 6.54 Å². The van der Waals surface area contributed by atoms with Gasteiger partial charge in [0.2, 0.25) is 0 Å². The second-order valence-electron chi connectivity index (χ2n) is 5.54. The van der Waals surface area contributed by atoms with E-state index in [1.807, 2.05) is 47.2 Å². The molecule has 1 unspecified atom stereocenters. The van der Waals surface area contributed by atoms with Gasteiger partial charge in [0, 0.05) is 24.6 Å². The zero-order chi connectivity index (χ0) is 17.1. The van der Waals surface area contributed by atoms with Crippen molar-refractivity contribution in [2.45, 2.75) is 6.10 Å². The van der Waals surface area contributed by atoms with E-state index < -0.39 is 0 Å². The summed E-state index contributed by atoms with van der Waals surface area (Å²) in [5.41, 5.74) is 2.86. The Morgan fingerprint density at radius 1 is 1.12 bits per heavy atom. The van der Waals surface area contributed by atoms with Crippen LogP contribution in [-0.4, -0.2) is 33.5 Å². The lowest BCUT2D eigenvalue weighted by Gasteiger charge is -2.16. The van der Waals surface area contributed by atoms with Crippen molar-refractivity contribution in [1.82, 2.24) is 19.8 Å². The molecule has 0 amide bonds. The number of ether oxygens (including phenoxy) is 1. The maximum Gasteiger partial charge on any atom is 0.186 e. The highest BCUT2D eigenvalue weighted by Crippen LogP contribution is 2.21. The molecule has 1 N–H and O–H groups in total. The van der Waals surface area contributed by atoms with E-state index in [-0.39, 0.29) is 6.10 Å². The molecule has 4 rings (SSSR count). The first-order valence-electron chi connectivity index (χ1n) is 7.92. The molecular weight excluding hydrogens is 334 g/mol. The smallest absolute Gasteiger partial charge is 0.186 e. The molecule has 3 heterocycles. The van der Waals surface area contributed by atoms with Gasteiger partial charge < -0.3 is 10.1 Å². The summed E-state index contributed by atoms with van der Waals surface area (Å²) in [6.07, 6.45) is -0.0454. The number of nitrogens with zero attached hydrogens (tertiary/aromatic N) is 4. The SMILES string of the molecule is COC(CNc1ccc2nnc(-c3ccsc3)n2n1)c1ccccc1. The molecule has 1 atom stereocenters. The number of hydrogen-bond donors (Lipinski definition) is 1. The van der Waals surface area contributed by atoms with Crippen LogP contribution < -0.4 is 5.32 Å². The van der Waals surface area contributed by atoms with Gasteiger partial charge in [-0.3, -0.25) is 0 Å². The minimum absolute atomic E-state index is 0.0454. The van der Waals surface area contributed by atoms with E-state index in [1.165, 1.54) is 0 Å². The van der Waals surface area contributed by atoms with Crippen molar-refractivity contribution >= 4 is 22.8 Å². The van der Waals surface area contributed by atoms with Crippen molar-refractivity contribution in [3.63, 3.8) is 0 Å². The van der Waals surface area contributed by atoms with Crippen molar-refractivity contribution in [1.29, 1.82) is 0 Å². The van der Waals surface area contributed by atoms with Crippen LogP contribution in [0.15, 0.2) is 59.3 Å². The van der Waals surface area contributed by atoms with E-state index in [4.69, 9.17) is 4.74 Å². The number of anilines is 1. The summed E-state index contributed by atoms with van der Waals surface area (Å²) in [4.78, 5) is 0. The van der Waals surface area contributed by atoms with E-state index in [0.717, 1.165) is 28.4 Å². The average Bonchev–Trinajstić information content (AvgIpc) is 3.32. The first kappa shape index (κ1) is 15.7. The molecule has 0 radical (unpaired) electrons. The number of methoxy groups -OCH3 is 1. The summed E-state index contributed by atoms with van der Waals surface area (Å²) in [7, 11) is 1.71. The molecule has 0 saturated carbocycles. The quantitative estimate of drug-likeness (QED) is 0.574. The molecule has 0 aliphatic rings. The molecule has 0 saturated heterocycles. The summed E-state index contributed by atoms with van der Waals surface area (Å²) >= 11 is 1.62. The number of rotatable bonds is 6. The molecule has 0 spiro atoms. The molecule has 1 aromatic carbocycles. The Hall–Kier alpha value is -2.77. The summed E-state index contributed by atoms with van der Waals surface area (Å²) in [5.74, 6) is 1.49. The van der Waals surface area contributed by atoms with Crippen molar-refractivity contribution < 1.29 is 4.74 Å². The molecule has 7 heteroatoms. The predicted molar refractivity (Wildman–Crippen MR) is 98.8 cm³/mol. The topological polar surface area (TPSA) is 64.3 Å². The van der Waals surface area contributed by atoms with Gasteiger partial charge in [-0.15, -0.1) is 15.3 Å². The Kier molecular flexibility index (Phi) is 4.41. The van der Waals surface area contributed by atoms with E-state index in [2.05, 4.69) is 32.7 Å². The average molecular weight is 351 g/mol. The number of thiophene rings is 1. The Labute approximate surface area is 149 Å². The van der Waals surface area contributed by atoms with Crippen LogP contribution in [0.4, 0.5) is 5.82 Å². The molecule has 126 valence electrons. The fourth-order valence-corrected chi connectivity index (χ4v) is 3.29. The second-order valence-corrected chi connectivity index (χ2v) is 6.32. The van der Waals surface area contributed by atoms with Crippen LogP contribution in [0.3, 0.4) is 0 Å². The minimum atomic E-state index is -0.0454. The van der Waals surface area contributed by atoms with Gasteiger partial charge in [0.05, 0.1) is 6.10 Å². The number of fused-ring (bicyclic) bond motifs is 1. The van der Waals surface area contributed by atoms with Crippen molar-refractivity contribution in [2.75, 3.05) is 19.0 Å². The van der Waals surface area contributed by atoms with Gasteiger partial charge in [-0.2, -0.15) is 15.9 Å². The standard InChI is InChI=1S/C18H17N5OS/c1-24-15(13-5-3-2-4-6-13)11-19-16-7-8-17-20-21-18(23(17)22-16)14-9-10-25-12-14/h2-10,12,15H,11H2,1H3,(H,19,22). The maximum absolute atomic E-state index is 5.59. The summed E-state index contributed by atoms with van der Waals surface area (Å²) in [6, 6.07) is 16.0. The van der Waals surface area contributed by atoms with Crippen molar-refractivity contribution in [2.24, 2.45) is 0 Å². The molecule has 0 fully saturated rings. The van der Waals surface area contributed by atoms with Crippen LogP contribution in [0.2, 0.25) is 0 Å². The van der Waals surface area contributed by atoms with Gasteiger partial charge in [0.15, 0.2) is 11.5 Å². The monoisotopic (exact) mass is 351 g/mol. The Morgan fingerprint density at radius 3 is 2.76 bits per heavy atom. The Bertz CT molecular complexity index is 952. The van der Waals surface area contributed by atoms with Crippen LogP contribution in [0, 0.1) is 0 Å². The van der Waals surface area contributed by atoms with Crippen LogP contribution in [-0.2, 0) is 4.74 Å². The molecule has 6 nitrogen and oxygen atoms in total. The van der Waals surface area contributed by atoms with Gasteiger partial charge in [0.25, 0.3) is 0 Å². The van der Waals surface area contributed by atoms with Gasteiger partial charge in [0.1, 0.15) is 5.82 Å². The third-order valence-corrected chi connectivity index (χ3v) is 4.65. The third-order valence-electron chi connectivity index (χ3n) is 3.97. The van der Waals surface area contributed by atoms with Crippen LogP contribution in [0.25, 0.3) is 17.0 Å². The van der Waals surface area contributed by atoms with Crippen LogP contribution >= 0.6 is 11.3 Å². The largest absolute Gasteiger partial charge is 0.375 e. The van der Waals surface area contributed by atoms with Gasteiger partial charge in [-0.25, -0.2) is 0 Å². The Balaban J connectivity index is 1.56. The van der Waals surface area contributed by atoms with Crippen molar-refractivity contribution in [3.8, 4) is 11.4 Å². The summed E-state index contributed by atoms with van der Waals surface area (Å²) in [6.45, 7) is 0.620. The molecule has 25 heavy (non-hydrogen) atoms. The van der Waals surface area contributed by atoms with Gasteiger partial charge in [-0.1, -0.05) is 30.3 Å². The van der Waals surface area contributed by atoms with Crippen molar-refractivity contribution in [3.05, 3.63) is 64.9 Å². The van der Waals surface area contributed by atoms with Gasteiger partial charge >= 0.3 is 0 Å². The van der Waals surface area contributed by atoms with E-state index >= 15 is 0 Å². The fraction of sp³-hybridized carbons (Fsp3) is 0.167. The predicted octanol–water partition coefficient (Wildman–Crippen LogP) is 3.65. The molecule has 0 aliphatic carbocycles. The first-order chi connectivity index (χ1) is 12.3. The fourth-order valence-electron chi connectivity index (χ4n) is 2.66. The zero-order valence-corrected chi connectivity index (χ0v) is 14.5. The Morgan fingerprint density at radius 2 is 2.00 bits per heavy atom. The number of nitrogens with one attached hydrogen (secondary N) is 1. The second kappa shape index (κ2) is 7.00. The highest BCUT2D eigenvalue weighted by molar-refractivity contribution is 7.08. The maximum atomic E-state index is 5.59. The zero-order valence-electron chi connectivity index (χ0n) is 13.7. The molecule has 0 aliphatic heterocycles. The molecule has 0 bridgehead atoms. The van der Waals surface area contributed by atoms with Crippen LogP contribution in [0.1, 0.15) is 11.7 Å². The minimum Gasteiger partial charge on any atom is -0.375 e. The molecule has 4 aromatic rings. The van der Waals surface area contributed by atoms with E-state index in [1.54, 1.807) is 23.0 Å². The molecular formula is C18H17N5OS. The van der Waals surface area contributed by atoms with Gasteiger partial charge in [-0.05, 0) is 29.1 Å². The number of benzene rings is 1. The normalized spacial score (nSPS) is 12.4. The number of hydrogen-bond acceptors (Lipinski definition) is 6. The lowest BCUT2D eigenvalue weighted by molar-refractivity contribution is 0.114. The highest BCUT2D eigenvalue weighted by atomic mass is 32.1. The summed E-state index contributed by atoms with van der Waals surface area (Å²) < 4.78 is 7.35. The lowest BCUT2D eigenvalue weighted by atomic mass is 10.1. The lowest BCUT2D eigenvalue weighted by Crippen LogP contribution is -2.15. The van der Waals surface area contributed by atoms with Crippen LogP contribution in [0.5, 0.6) is 0 Å². The first-order valence-corrected chi connectivity index (χ1v) is 8.86.